The summed E-state index contributed by atoms with van der Waals surface area (Å²) in [5.74, 6) is -0.0397. The normalized spacial score (nSPS) is 10.7. The van der Waals surface area contributed by atoms with Gasteiger partial charge in [-0.05, 0) is 32.4 Å². The van der Waals surface area contributed by atoms with Gasteiger partial charge in [0.25, 0.3) is 0 Å². The van der Waals surface area contributed by atoms with E-state index in [0.717, 1.165) is 12.1 Å². The molecule has 0 saturated carbocycles. The van der Waals surface area contributed by atoms with Crippen molar-refractivity contribution < 1.29 is 4.79 Å². The van der Waals surface area contributed by atoms with Crippen molar-refractivity contribution in [1.82, 2.24) is 5.32 Å². The van der Waals surface area contributed by atoms with Gasteiger partial charge in [0.05, 0.1) is 17.8 Å². The Bertz CT molecular complexity index is 488. The number of nitrogens with one attached hydrogen (secondary N) is 1. The number of nitrogens with zero attached hydrogens (tertiary/aromatic N) is 2. The zero-order valence-electron chi connectivity index (χ0n) is 12.0. The number of anilines is 1. The fraction of sp³-hybridized carbons (Fsp3) is 0.467. The van der Waals surface area contributed by atoms with Gasteiger partial charge in [0.1, 0.15) is 6.07 Å². The molecule has 0 saturated heterocycles. The average Bonchev–Trinajstić information content (AvgIpc) is 2.37. The summed E-state index contributed by atoms with van der Waals surface area (Å²) in [6.07, 6.45) is 0.872. The maximum atomic E-state index is 12.0. The molecule has 19 heavy (non-hydrogen) atoms. The standard InChI is InChI=1S/C15H21N3O/c1-5-15(2,3)17-14(19)11-18(4)13-9-7-6-8-12(13)10-16/h6-9H,5,11H2,1-4H3,(H,17,19). The summed E-state index contributed by atoms with van der Waals surface area (Å²) in [4.78, 5) is 13.8. The topological polar surface area (TPSA) is 56.1 Å². The summed E-state index contributed by atoms with van der Waals surface area (Å²) in [5.41, 5.74) is 1.15. The van der Waals surface area contributed by atoms with E-state index < -0.39 is 0 Å². The second-order valence-corrected chi connectivity index (χ2v) is 5.27. The lowest BCUT2D eigenvalue weighted by Crippen LogP contribution is -2.46. The van der Waals surface area contributed by atoms with Gasteiger partial charge in [-0.25, -0.2) is 0 Å². The smallest absolute Gasteiger partial charge is 0.239 e. The highest BCUT2D eigenvalue weighted by atomic mass is 16.2. The van der Waals surface area contributed by atoms with Gasteiger partial charge in [0, 0.05) is 12.6 Å². The number of carbonyl (C=O) groups is 1. The molecule has 0 aliphatic carbocycles. The molecule has 0 aliphatic rings. The molecular formula is C15H21N3O. The fourth-order valence-corrected chi connectivity index (χ4v) is 1.71. The predicted octanol–water partition coefficient (Wildman–Crippen LogP) is 2.30. The Kier molecular flexibility index (Phi) is 4.94. The van der Waals surface area contributed by atoms with Gasteiger partial charge >= 0.3 is 0 Å². The number of rotatable bonds is 5. The fourth-order valence-electron chi connectivity index (χ4n) is 1.71. The molecule has 0 radical (unpaired) electrons. The molecule has 1 aromatic carbocycles. The maximum Gasteiger partial charge on any atom is 0.239 e. The van der Waals surface area contributed by atoms with Gasteiger partial charge in [-0.2, -0.15) is 5.26 Å². The summed E-state index contributed by atoms with van der Waals surface area (Å²) >= 11 is 0. The van der Waals surface area contributed by atoms with Crippen LogP contribution in [0.1, 0.15) is 32.8 Å². The number of benzene rings is 1. The van der Waals surface area contributed by atoms with Gasteiger partial charge in [-0.15, -0.1) is 0 Å². The van der Waals surface area contributed by atoms with Gasteiger partial charge < -0.3 is 10.2 Å². The minimum Gasteiger partial charge on any atom is -0.364 e. The van der Waals surface area contributed by atoms with Gasteiger partial charge in [0.15, 0.2) is 0 Å². The van der Waals surface area contributed by atoms with Crippen molar-refractivity contribution in [3.05, 3.63) is 29.8 Å². The van der Waals surface area contributed by atoms with Gasteiger partial charge in [-0.3, -0.25) is 4.79 Å². The molecule has 0 bridgehead atoms. The Balaban J connectivity index is 2.73. The quantitative estimate of drug-likeness (QED) is 0.882. The number of nitriles is 1. The molecule has 0 unspecified atom stereocenters. The molecular weight excluding hydrogens is 238 g/mol. The van der Waals surface area contributed by atoms with E-state index in [1.165, 1.54) is 0 Å². The lowest BCUT2D eigenvalue weighted by Gasteiger charge is -2.27. The van der Waals surface area contributed by atoms with Crippen LogP contribution in [-0.2, 0) is 4.79 Å². The number of likely N-dealkylation sites (N-methyl/N-ethyl adjacent to an activating group) is 1. The Labute approximate surface area is 115 Å². The number of carbonyl (C=O) groups excluding carboxylic acids is 1. The van der Waals surface area contributed by atoms with E-state index in [4.69, 9.17) is 5.26 Å². The molecule has 4 nitrogen and oxygen atoms in total. The first-order chi connectivity index (χ1) is 8.89. The summed E-state index contributed by atoms with van der Waals surface area (Å²) in [5, 5.41) is 12.0. The van der Waals surface area contributed by atoms with Crippen LogP contribution in [0.4, 0.5) is 5.69 Å². The minimum absolute atomic E-state index is 0.0397. The Hall–Kier alpha value is -2.02. The number of amides is 1. The van der Waals surface area contributed by atoms with Crippen molar-refractivity contribution in [2.45, 2.75) is 32.7 Å². The molecule has 0 aromatic heterocycles. The Morgan fingerprint density at radius 1 is 1.42 bits per heavy atom. The second kappa shape index (κ2) is 6.24. The van der Waals surface area contributed by atoms with Crippen molar-refractivity contribution in [3.8, 4) is 6.07 Å². The Morgan fingerprint density at radius 2 is 2.05 bits per heavy atom. The molecule has 0 fully saturated rings. The van der Waals surface area contributed by atoms with E-state index in [-0.39, 0.29) is 18.0 Å². The first-order valence-electron chi connectivity index (χ1n) is 6.41. The molecule has 0 atom stereocenters. The van der Waals surface area contributed by atoms with E-state index in [1.807, 2.05) is 46.0 Å². The van der Waals surface area contributed by atoms with E-state index in [0.29, 0.717) is 5.56 Å². The van der Waals surface area contributed by atoms with Crippen molar-refractivity contribution in [3.63, 3.8) is 0 Å². The largest absolute Gasteiger partial charge is 0.364 e. The molecule has 0 heterocycles. The zero-order chi connectivity index (χ0) is 14.5. The average molecular weight is 259 g/mol. The van der Waals surface area contributed by atoms with Gasteiger partial charge in [-0.1, -0.05) is 19.1 Å². The van der Waals surface area contributed by atoms with Crippen LogP contribution in [0.15, 0.2) is 24.3 Å². The highest BCUT2D eigenvalue weighted by Crippen LogP contribution is 2.17. The van der Waals surface area contributed by atoms with Crippen LogP contribution in [0.3, 0.4) is 0 Å². The number of hydrogen-bond donors (Lipinski definition) is 1. The summed E-state index contributed by atoms with van der Waals surface area (Å²) in [6, 6.07) is 9.41. The predicted molar refractivity (Wildman–Crippen MR) is 76.9 cm³/mol. The number of para-hydroxylation sites is 1. The summed E-state index contributed by atoms with van der Waals surface area (Å²) in [6.45, 7) is 6.26. The zero-order valence-corrected chi connectivity index (χ0v) is 12.0. The molecule has 1 rings (SSSR count). The van der Waals surface area contributed by atoms with Crippen LogP contribution in [0.5, 0.6) is 0 Å². The van der Waals surface area contributed by atoms with Crippen molar-refractivity contribution in [2.75, 3.05) is 18.5 Å². The molecule has 0 aliphatic heterocycles. The Morgan fingerprint density at radius 3 is 2.63 bits per heavy atom. The van der Waals surface area contributed by atoms with Crippen LogP contribution in [0.25, 0.3) is 0 Å². The maximum absolute atomic E-state index is 12.0. The second-order valence-electron chi connectivity index (χ2n) is 5.27. The van der Waals surface area contributed by atoms with E-state index in [2.05, 4.69) is 11.4 Å². The molecule has 4 heteroatoms. The highest BCUT2D eigenvalue weighted by Gasteiger charge is 2.19. The van der Waals surface area contributed by atoms with E-state index in [1.54, 1.807) is 11.0 Å². The third kappa shape index (κ3) is 4.29. The first kappa shape index (κ1) is 15.0. The number of hydrogen-bond acceptors (Lipinski definition) is 3. The highest BCUT2D eigenvalue weighted by molar-refractivity contribution is 5.82. The molecule has 1 aromatic rings. The summed E-state index contributed by atoms with van der Waals surface area (Å²) in [7, 11) is 1.81. The van der Waals surface area contributed by atoms with Crippen LogP contribution >= 0.6 is 0 Å². The van der Waals surface area contributed by atoms with E-state index in [9.17, 15) is 4.79 Å². The van der Waals surface area contributed by atoms with Crippen LogP contribution < -0.4 is 10.2 Å². The van der Waals surface area contributed by atoms with Crippen LogP contribution in [-0.4, -0.2) is 25.0 Å². The molecule has 1 N–H and O–H groups in total. The molecule has 0 spiro atoms. The van der Waals surface area contributed by atoms with Crippen LogP contribution in [0.2, 0.25) is 0 Å². The van der Waals surface area contributed by atoms with Crippen molar-refractivity contribution in [2.24, 2.45) is 0 Å². The molecule has 102 valence electrons. The first-order valence-corrected chi connectivity index (χ1v) is 6.41. The summed E-state index contributed by atoms with van der Waals surface area (Å²) < 4.78 is 0. The van der Waals surface area contributed by atoms with Crippen molar-refractivity contribution in [1.29, 1.82) is 5.26 Å². The van der Waals surface area contributed by atoms with Crippen molar-refractivity contribution >= 4 is 11.6 Å². The minimum atomic E-state index is -0.202. The lowest BCUT2D eigenvalue weighted by molar-refractivity contribution is -0.121. The van der Waals surface area contributed by atoms with E-state index >= 15 is 0 Å². The monoisotopic (exact) mass is 259 g/mol. The van der Waals surface area contributed by atoms with Crippen LogP contribution in [0, 0.1) is 11.3 Å². The lowest BCUT2D eigenvalue weighted by atomic mass is 10.0. The third-order valence-corrected chi connectivity index (χ3v) is 3.18. The third-order valence-electron chi connectivity index (χ3n) is 3.18. The SMILES string of the molecule is CCC(C)(C)NC(=O)CN(C)c1ccccc1C#N. The van der Waals surface area contributed by atoms with Gasteiger partial charge in [0.2, 0.25) is 5.91 Å². The molecule has 1 amide bonds.